The number of hydrogen-bond donors (Lipinski definition) is 1. The van der Waals surface area contributed by atoms with E-state index in [0.717, 1.165) is 5.56 Å². The molecule has 1 aromatic heterocycles. The van der Waals surface area contributed by atoms with E-state index in [1.165, 1.54) is 21.3 Å². The number of nitro groups is 1. The number of carbonyl (C=O) groups is 1. The van der Waals surface area contributed by atoms with Gasteiger partial charge in [0.2, 0.25) is 5.75 Å². The van der Waals surface area contributed by atoms with Crippen LogP contribution in [0.3, 0.4) is 0 Å². The number of ether oxygens (including phenoxy) is 3. The van der Waals surface area contributed by atoms with Crippen molar-refractivity contribution in [1.29, 1.82) is 5.26 Å². The molecule has 2 aromatic carbocycles. The van der Waals surface area contributed by atoms with Gasteiger partial charge in [0, 0.05) is 5.56 Å². The number of methoxy groups -OCH3 is 3. The van der Waals surface area contributed by atoms with E-state index in [1.807, 2.05) is 0 Å². The molecule has 35 heavy (non-hydrogen) atoms. The summed E-state index contributed by atoms with van der Waals surface area (Å²) in [6, 6.07) is 11.0. The maximum absolute atomic E-state index is 12.8. The third-order valence-corrected chi connectivity index (χ3v) is 5.50. The Kier molecular flexibility index (Phi) is 7.56. The van der Waals surface area contributed by atoms with E-state index in [4.69, 9.17) is 14.2 Å². The Balaban J connectivity index is 1.78. The highest BCUT2D eigenvalue weighted by atomic mass is 16.6. The standard InChI is InChI=1S/C24H25N5O6/c1-14-22(29(31)32)15(2)28(27-14)13-16-6-8-17(9-7-16)24(30)26-19(12-25)18-10-20(33-3)23(35-5)21(11-18)34-4/h6-11,19H,13H2,1-5H3,(H,26,30). The van der Waals surface area contributed by atoms with E-state index >= 15 is 0 Å². The van der Waals surface area contributed by atoms with Crippen LogP contribution < -0.4 is 19.5 Å². The Labute approximate surface area is 202 Å². The molecule has 0 radical (unpaired) electrons. The van der Waals surface area contributed by atoms with E-state index < -0.39 is 16.9 Å². The van der Waals surface area contributed by atoms with Crippen LogP contribution in [0.4, 0.5) is 5.69 Å². The highest BCUT2D eigenvalue weighted by Gasteiger charge is 2.23. The van der Waals surface area contributed by atoms with Crippen molar-refractivity contribution in [3.63, 3.8) is 0 Å². The monoisotopic (exact) mass is 479 g/mol. The number of benzene rings is 2. The third kappa shape index (κ3) is 5.16. The quantitative estimate of drug-likeness (QED) is 0.363. The number of nitriles is 1. The minimum Gasteiger partial charge on any atom is -0.493 e. The van der Waals surface area contributed by atoms with Crippen LogP contribution in [0.2, 0.25) is 0 Å². The van der Waals surface area contributed by atoms with Crippen molar-refractivity contribution in [2.75, 3.05) is 21.3 Å². The number of nitrogens with zero attached hydrogens (tertiary/aromatic N) is 4. The first-order valence-corrected chi connectivity index (χ1v) is 10.5. The molecule has 0 aliphatic rings. The zero-order chi connectivity index (χ0) is 25.7. The van der Waals surface area contributed by atoms with E-state index in [9.17, 15) is 20.2 Å². The summed E-state index contributed by atoms with van der Waals surface area (Å²) in [6.07, 6.45) is 0. The van der Waals surface area contributed by atoms with Crippen LogP contribution in [0.1, 0.15) is 38.9 Å². The summed E-state index contributed by atoms with van der Waals surface area (Å²) in [4.78, 5) is 23.6. The van der Waals surface area contributed by atoms with E-state index in [2.05, 4.69) is 16.5 Å². The Morgan fingerprint density at radius 2 is 1.74 bits per heavy atom. The van der Waals surface area contributed by atoms with Crippen LogP contribution >= 0.6 is 0 Å². The lowest BCUT2D eigenvalue weighted by molar-refractivity contribution is -0.386. The molecule has 0 fully saturated rings. The Hall–Kier alpha value is -4.59. The molecule has 0 aliphatic carbocycles. The molecule has 1 heterocycles. The van der Waals surface area contributed by atoms with Gasteiger partial charge in [-0.3, -0.25) is 19.6 Å². The first-order valence-electron chi connectivity index (χ1n) is 10.5. The fraction of sp³-hybridized carbons (Fsp3) is 0.292. The van der Waals surface area contributed by atoms with Crippen LogP contribution in [0, 0.1) is 35.3 Å². The number of hydrogen-bond acceptors (Lipinski definition) is 8. The number of carbonyl (C=O) groups excluding carboxylic acids is 1. The van der Waals surface area contributed by atoms with Crippen molar-refractivity contribution >= 4 is 11.6 Å². The van der Waals surface area contributed by atoms with Gasteiger partial charge in [0.15, 0.2) is 11.5 Å². The van der Waals surface area contributed by atoms with Gasteiger partial charge in [-0.1, -0.05) is 12.1 Å². The molecule has 11 heteroatoms. The molecule has 0 saturated carbocycles. The lowest BCUT2D eigenvalue weighted by Crippen LogP contribution is -2.27. The summed E-state index contributed by atoms with van der Waals surface area (Å²) in [6.45, 7) is 3.55. The fourth-order valence-corrected chi connectivity index (χ4v) is 3.71. The predicted octanol–water partition coefficient (Wildman–Crippen LogP) is 3.48. The minimum absolute atomic E-state index is 0.00432. The zero-order valence-corrected chi connectivity index (χ0v) is 20.0. The van der Waals surface area contributed by atoms with Gasteiger partial charge >= 0.3 is 5.69 Å². The van der Waals surface area contributed by atoms with Gasteiger partial charge in [-0.15, -0.1) is 0 Å². The number of aryl methyl sites for hydroxylation is 1. The van der Waals surface area contributed by atoms with Gasteiger partial charge < -0.3 is 19.5 Å². The van der Waals surface area contributed by atoms with Crippen molar-refractivity contribution in [2.24, 2.45) is 0 Å². The summed E-state index contributed by atoms with van der Waals surface area (Å²) in [7, 11) is 4.41. The third-order valence-electron chi connectivity index (χ3n) is 5.50. The van der Waals surface area contributed by atoms with Crippen molar-refractivity contribution < 1.29 is 23.9 Å². The van der Waals surface area contributed by atoms with Crippen LogP contribution in [-0.4, -0.2) is 41.9 Å². The fourth-order valence-electron chi connectivity index (χ4n) is 3.71. The van der Waals surface area contributed by atoms with Gasteiger partial charge in [0.1, 0.15) is 17.4 Å². The molecule has 3 rings (SSSR count). The van der Waals surface area contributed by atoms with Gasteiger partial charge in [-0.2, -0.15) is 10.4 Å². The second-order valence-corrected chi connectivity index (χ2v) is 7.63. The lowest BCUT2D eigenvalue weighted by atomic mass is 10.1. The Bertz CT molecular complexity index is 1270. The SMILES string of the molecule is COc1cc(C(C#N)NC(=O)c2ccc(Cn3nc(C)c([N+](=O)[O-])c3C)cc2)cc(OC)c1OC. The average Bonchev–Trinajstić information content (AvgIpc) is 3.14. The molecule has 1 unspecified atom stereocenters. The van der Waals surface area contributed by atoms with Gasteiger partial charge in [-0.05, 0) is 49.2 Å². The zero-order valence-electron chi connectivity index (χ0n) is 20.0. The Morgan fingerprint density at radius 3 is 2.20 bits per heavy atom. The predicted molar refractivity (Wildman–Crippen MR) is 126 cm³/mol. The molecule has 1 N–H and O–H groups in total. The smallest absolute Gasteiger partial charge is 0.312 e. The summed E-state index contributed by atoms with van der Waals surface area (Å²) in [5, 5.41) is 27.8. The maximum atomic E-state index is 12.8. The summed E-state index contributed by atoms with van der Waals surface area (Å²) >= 11 is 0. The van der Waals surface area contributed by atoms with E-state index in [1.54, 1.807) is 54.9 Å². The van der Waals surface area contributed by atoms with Crippen molar-refractivity contribution in [3.8, 4) is 23.3 Å². The summed E-state index contributed by atoms with van der Waals surface area (Å²) in [5.41, 5.74) is 2.42. The lowest BCUT2D eigenvalue weighted by Gasteiger charge is -2.17. The molecule has 0 bridgehead atoms. The van der Waals surface area contributed by atoms with Crippen molar-refractivity contribution in [3.05, 3.63) is 74.6 Å². The highest BCUT2D eigenvalue weighted by molar-refractivity contribution is 5.94. The summed E-state index contributed by atoms with van der Waals surface area (Å²) < 4.78 is 17.5. The summed E-state index contributed by atoms with van der Waals surface area (Å²) in [5.74, 6) is 0.666. The minimum atomic E-state index is -0.967. The van der Waals surface area contributed by atoms with E-state index in [-0.39, 0.29) is 5.69 Å². The average molecular weight is 479 g/mol. The topological polar surface area (TPSA) is 142 Å². The maximum Gasteiger partial charge on any atom is 0.312 e. The van der Waals surface area contributed by atoms with Crippen molar-refractivity contribution in [2.45, 2.75) is 26.4 Å². The van der Waals surface area contributed by atoms with Gasteiger partial charge in [0.05, 0.1) is 38.9 Å². The number of rotatable bonds is 9. The molecular formula is C24H25N5O6. The number of amides is 1. The molecule has 0 saturated heterocycles. The van der Waals surface area contributed by atoms with Gasteiger partial charge in [-0.25, -0.2) is 0 Å². The molecule has 1 atom stereocenters. The van der Waals surface area contributed by atoms with Gasteiger partial charge in [0.25, 0.3) is 5.91 Å². The molecule has 182 valence electrons. The second-order valence-electron chi connectivity index (χ2n) is 7.63. The largest absolute Gasteiger partial charge is 0.493 e. The first kappa shape index (κ1) is 25.0. The number of nitrogens with one attached hydrogen (secondary N) is 1. The molecular weight excluding hydrogens is 454 g/mol. The first-order chi connectivity index (χ1) is 16.7. The highest BCUT2D eigenvalue weighted by Crippen LogP contribution is 2.39. The molecule has 1 amide bonds. The molecule has 0 aliphatic heterocycles. The Morgan fingerprint density at radius 1 is 1.14 bits per heavy atom. The second kappa shape index (κ2) is 10.6. The van der Waals surface area contributed by atoms with Crippen LogP contribution in [0.15, 0.2) is 36.4 Å². The normalized spacial score (nSPS) is 11.3. The van der Waals surface area contributed by atoms with Crippen molar-refractivity contribution in [1.82, 2.24) is 15.1 Å². The number of aromatic nitrogens is 2. The van der Waals surface area contributed by atoms with Crippen LogP contribution in [0.25, 0.3) is 0 Å². The van der Waals surface area contributed by atoms with Crippen LogP contribution in [0.5, 0.6) is 17.2 Å². The molecule has 11 nitrogen and oxygen atoms in total. The molecule has 3 aromatic rings. The van der Waals surface area contributed by atoms with E-state index in [0.29, 0.717) is 46.3 Å². The van der Waals surface area contributed by atoms with Crippen LogP contribution in [-0.2, 0) is 6.54 Å². The molecule has 0 spiro atoms.